The van der Waals surface area contributed by atoms with E-state index in [4.69, 9.17) is 0 Å². The van der Waals surface area contributed by atoms with Gasteiger partial charge >= 0.3 is 6.03 Å². The second-order valence-electron chi connectivity index (χ2n) is 2.68. The highest BCUT2D eigenvalue weighted by atomic mass is 16.2. The smallest absolute Gasteiger partial charge is 0.321 e. The number of carbonyl (C=O) groups is 2. The molecule has 1 fully saturated rings. The van der Waals surface area contributed by atoms with Gasteiger partial charge in [-0.05, 0) is 6.42 Å². The molecule has 0 unspecified atom stereocenters. The van der Waals surface area contributed by atoms with E-state index in [2.05, 4.69) is 10.6 Å². The number of rotatable bonds is 2. The molecule has 4 heteroatoms. The number of carbonyl (C=O) groups excluding carboxylic acids is 2. The van der Waals surface area contributed by atoms with Gasteiger partial charge in [-0.2, -0.15) is 0 Å². The van der Waals surface area contributed by atoms with E-state index in [0.29, 0.717) is 6.54 Å². The first kappa shape index (κ1) is 8.04. The summed E-state index contributed by atoms with van der Waals surface area (Å²) in [5.41, 5.74) is 0. The van der Waals surface area contributed by atoms with Gasteiger partial charge < -0.3 is 5.32 Å². The summed E-state index contributed by atoms with van der Waals surface area (Å²) in [5.74, 6) is -0.173. The molecule has 3 amide bonds. The summed E-state index contributed by atoms with van der Waals surface area (Å²) in [6.07, 6.45) is 1.81. The number of hydrogen-bond donors (Lipinski definition) is 2. The Morgan fingerprint density at radius 2 is 2.27 bits per heavy atom. The predicted octanol–water partition coefficient (Wildman–Crippen LogP) is 0.242. The van der Waals surface area contributed by atoms with Crippen molar-refractivity contribution in [2.45, 2.75) is 19.8 Å². The Morgan fingerprint density at radius 1 is 1.55 bits per heavy atom. The molecule has 1 rings (SSSR count). The summed E-state index contributed by atoms with van der Waals surface area (Å²) in [7, 11) is 0. The highest BCUT2D eigenvalue weighted by Gasteiger charge is 2.24. The summed E-state index contributed by atoms with van der Waals surface area (Å²) < 4.78 is 0. The van der Waals surface area contributed by atoms with Gasteiger partial charge in [0.2, 0.25) is 5.91 Å². The highest BCUT2D eigenvalue weighted by Crippen LogP contribution is 2.07. The maximum absolute atomic E-state index is 11.0. The number of hydrogen-bond acceptors (Lipinski definition) is 2. The van der Waals surface area contributed by atoms with E-state index < -0.39 is 0 Å². The largest absolute Gasteiger partial charge is 0.337 e. The summed E-state index contributed by atoms with van der Waals surface area (Å²) in [6.45, 7) is 2.50. The normalized spacial score (nSPS) is 24.3. The molecule has 1 heterocycles. The Morgan fingerprint density at radius 3 is 2.82 bits per heavy atom. The van der Waals surface area contributed by atoms with Crippen molar-refractivity contribution in [3.63, 3.8) is 0 Å². The van der Waals surface area contributed by atoms with Crippen LogP contribution in [0.25, 0.3) is 0 Å². The third-order valence-electron chi connectivity index (χ3n) is 1.75. The maximum atomic E-state index is 11.0. The molecule has 4 nitrogen and oxygen atoms in total. The van der Waals surface area contributed by atoms with Gasteiger partial charge in [-0.15, -0.1) is 0 Å². The molecular weight excluding hydrogens is 144 g/mol. The fraction of sp³-hybridized carbons (Fsp3) is 0.714. The van der Waals surface area contributed by atoms with E-state index in [1.165, 1.54) is 0 Å². The predicted molar refractivity (Wildman–Crippen MR) is 39.9 cm³/mol. The number of nitrogens with one attached hydrogen (secondary N) is 2. The van der Waals surface area contributed by atoms with Crippen LogP contribution in [0.4, 0.5) is 4.79 Å². The fourth-order valence-electron chi connectivity index (χ4n) is 1.15. The Hall–Kier alpha value is -1.06. The van der Waals surface area contributed by atoms with Crippen molar-refractivity contribution in [2.75, 3.05) is 6.54 Å². The summed E-state index contributed by atoms with van der Waals surface area (Å²) >= 11 is 0. The van der Waals surface area contributed by atoms with Crippen LogP contribution in [-0.2, 0) is 4.79 Å². The van der Waals surface area contributed by atoms with Crippen LogP contribution in [0.3, 0.4) is 0 Å². The van der Waals surface area contributed by atoms with Gasteiger partial charge in [0.1, 0.15) is 0 Å². The molecule has 0 bridgehead atoms. The van der Waals surface area contributed by atoms with Gasteiger partial charge in [0.15, 0.2) is 0 Å². The molecule has 0 aromatic heterocycles. The molecule has 1 aliphatic rings. The second-order valence-corrected chi connectivity index (χ2v) is 2.68. The number of imide groups is 1. The Bertz CT molecular complexity index is 179. The van der Waals surface area contributed by atoms with Crippen LogP contribution in [0.15, 0.2) is 0 Å². The molecule has 62 valence electrons. The van der Waals surface area contributed by atoms with Gasteiger partial charge in [-0.3, -0.25) is 10.1 Å². The van der Waals surface area contributed by atoms with Gasteiger partial charge in [-0.1, -0.05) is 13.3 Å². The fourth-order valence-corrected chi connectivity index (χ4v) is 1.15. The zero-order chi connectivity index (χ0) is 8.27. The van der Waals surface area contributed by atoms with Gasteiger partial charge in [0.05, 0.1) is 5.92 Å². The van der Waals surface area contributed by atoms with Crippen LogP contribution in [-0.4, -0.2) is 18.5 Å². The first-order valence-electron chi connectivity index (χ1n) is 3.82. The average Bonchev–Trinajstić information content (AvgIpc) is 1.95. The Balaban J connectivity index is 2.44. The van der Waals surface area contributed by atoms with Crippen molar-refractivity contribution in [3.8, 4) is 0 Å². The van der Waals surface area contributed by atoms with E-state index in [1.807, 2.05) is 6.92 Å². The number of amides is 3. The maximum Gasteiger partial charge on any atom is 0.321 e. The minimum absolute atomic E-state index is 0.0299. The van der Waals surface area contributed by atoms with Crippen LogP contribution < -0.4 is 10.6 Å². The van der Waals surface area contributed by atoms with Crippen molar-refractivity contribution in [2.24, 2.45) is 5.92 Å². The van der Waals surface area contributed by atoms with Gasteiger partial charge in [0.25, 0.3) is 0 Å². The molecule has 0 aliphatic carbocycles. The molecule has 0 aromatic rings. The molecule has 11 heavy (non-hydrogen) atoms. The summed E-state index contributed by atoms with van der Waals surface area (Å²) in [5, 5.41) is 4.80. The molecular formula is C7H12N2O2. The molecule has 0 aromatic carbocycles. The lowest BCUT2D eigenvalue weighted by Crippen LogP contribution is -2.52. The van der Waals surface area contributed by atoms with Crippen molar-refractivity contribution >= 4 is 11.9 Å². The van der Waals surface area contributed by atoms with E-state index in [-0.39, 0.29) is 17.9 Å². The minimum Gasteiger partial charge on any atom is -0.337 e. The van der Waals surface area contributed by atoms with Crippen molar-refractivity contribution in [3.05, 3.63) is 0 Å². The topological polar surface area (TPSA) is 58.2 Å². The molecule has 0 saturated carbocycles. The minimum atomic E-state index is -0.373. The summed E-state index contributed by atoms with van der Waals surface area (Å²) in [6, 6.07) is -0.373. The lowest BCUT2D eigenvalue weighted by molar-refractivity contribution is -0.124. The van der Waals surface area contributed by atoms with E-state index in [9.17, 15) is 9.59 Å². The Kier molecular flexibility index (Phi) is 2.46. The standard InChI is InChI=1S/C7H12N2O2/c1-2-3-5-4-8-7(11)9-6(5)10/h5H,2-4H2,1H3,(H2,8,9,10,11)/t5-/m0/s1. The average molecular weight is 156 g/mol. The van der Waals surface area contributed by atoms with Gasteiger partial charge in [-0.25, -0.2) is 4.79 Å². The van der Waals surface area contributed by atoms with Crippen molar-refractivity contribution < 1.29 is 9.59 Å². The van der Waals surface area contributed by atoms with Crippen molar-refractivity contribution in [1.82, 2.24) is 10.6 Å². The van der Waals surface area contributed by atoms with Crippen LogP contribution in [0.5, 0.6) is 0 Å². The van der Waals surface area contributed by atoms with Crippen LogP contribution >= 0.6 is 0 Å². The molecule has 0 spiro atoms. The van der Waals surface area contributed by atoms with E-state index >= 15 is 0 Å². The molecule has 1 saturated heterocycles. The lowest BCUT2D eigenvalue weighted by atomic mass is 10.0. The first-order chi connectivity index (χ1) is 5.24. The SMILES string of the molecule is CCC[C@H]1CNC(=O)NC1=O. The van der Waals surface area contributed by atoms with E-state index in [0.717, 1.165) is 12.8 Å². The zero-order valence-electron chi connectivity index (χ0n) is 6.52. The Labute approximate surface area is 65.3 Å². The van der Waals surface area contributed by atoms with Crippen LogP contribution in [0.2, 0.25) is 0 Å². The monoisotopic (exact) mass is 156 g/mol. The lowest BCUT2D eigenvalue weighted by Gasteiger charge is -2.21. The van der Waals surface area contributed by atoms with Crippen LogP contribution in [0, 0.1) is 5.92 Å². The van der Waals surface area contributed by atoms with Crippen molar-refractivity contribution in [1.29, 1.82) is 0 Å². The third kappa shape index (κ3) is 1.93. The number of urea groups is 1. The quantitative estimate of drug-likeness (QED) is 0.601. The molecule has 2 N–H and O–H groups in total. The zero-order valence-corrected chi connectivity index (χ0v) is 6.52. The molecule has 0 radical (unpaired) electrons. The van der Waals surface area contributed by atoms with Gasteiger partial charge in [0, 0.05) is 6.54 Å². The molecule has 1 aliphatic heterocycles. The van der Waals surface area contributed by atoms with E-state index in [1.54, 1.807) is 0 Å². The van der Waals surface area contributed by atoms with Crippen LogP contribution in [0.1, 0.15) is 19.8 Å². The third-order valence-corrected chi connectivity index (χ3v) is 1.75. The highest BCUT2D eigenvalue weighted by molar-refractivity contribution is 5.97. The second kappa shape index (κ2) is 3.37. The molecule has 1 atom stereocenters. The first-order valence-corrected chi connectivity index (χ1v) is 3.82. The summed E-state index contributed by atoms with van der Waals surface area (Å²) in [4.78, 5) is 21.6.